The summed E-state index contributed by atoms with van der Waals surface area (Å²) in [6.07, 6.45) is 16.5. The lowest BCUT2D eigenvalue weighted by Gasteiger charge is -2.33. The van der Waals surface area contributed by atoms with E-state index in [0.717, 1.165) is 12.0 Å². The highest BCUT2D eigenvalue weighted by Gasteiger charge is 2.29. The Labute approximate surface area is 173 Å². The van der Waals surface area contributed by atoms with Crippen molar-refractivity contribution in [3.8, 4) is 0 Å². The molecule has 0 N–H and O–H groups in total. The standard InChI is InChI=1S/C17H20.C9H12.C2H6/c1-13(2)12-14(3)15-8-7-11-17(4)10-6-5-9-16(15)17;1-8(2)9-6-4-3-5-7-9;1-2/h5-10,12H,3,11H2,1-2,4H3;3-8H,1-2H3;1-2H3. The number of hydrogen-bond donors (Lipinski definition) is 0. The summed E-state index contributed by atoms with van der Waals surface area (Å²) in [4.78, 5) is 0. The van der Waals surface area contributed by atoms with Crippen molar-refractivity contribution in [3.05, 3.63) is 107 Å². The first-order valence-electron chi connectivity index (χ1n) is 10.5. The zero-order valence-corrected chi connectivity index (χ0v) is 18.9. The highest BCUT2D eigenvalue weighted by atomic mass is 14.3. The SMILES string of the molecule is C=C(C=C(C)C)C1=C2C=CC=CC2(C)CC=C1.CC.CC(C)c1ccccc1. The van der Waals surface area contributed by atoms with Crippen molar-refractivity contribution in [1.82, 2.24) is 0 Å². The molecule has 0 saturated heterocycles. The van der Waals surface area contributed by atoms with E-state index in [2.05, 4.69) is 108 Å². The monoisotopic (exact) mass is 374 g/mol. The van der Waals surface area contributed by atoms with Crippen molar-refractivity contribution in [2.45, 2.75) is 60.8 Å². The maximum absolute atomic E-state index is 4.20. The fourth-order valence-electron chi connectivity index (χ4n) is 3.33. The van der Waals surface area contributed by atoms with E-state index in [1.165, 1.54) is 22.3 Å². The summed E-state index contributed by atoms with van der Waals surface area (Å²) in [6, 6.07) is 10.5. The van der Waals surface area contributed by atoms with Crippen molar-refractivity contribution in [1.29, 1.82) is 0 Å². The molecule has 0 spiro atoms. The van der Waals surface area contributed by atoms with Gasteiger partial charge < -0.3 is 0 Å². The molecular weight excluding hydrogens is 336 g/mol. The van der Waals surface area contributed by atoms with E-state index < -0.39 is 0 Å². The van der Waals surface area contributed by atoms with Gasteiger partial charge >= 0.3 is 0 Å². The molecule has 0 saturated carbocycles. The summed E-state index contributed by atoms with van der Waals surface area (Å²) in [5.41, 5.74) is 6.64. The van der Waals surface area contributed by atoms with Crippen LogP contribution in [0.3, 0.4) is 0 Å². The molecule has 0 aromatic heterocycles. The van der Waals surface area contributed by atoms with Crippen LogP contribution in [0.15, 0.2) is 102 Å². The number of fused-ring (bicyclic) bond motifs is 1. The molecule has 0 nitrogen and oxygen atoms in total. The van der Waals surface area contributed by atoms with Gasteiger partial charge in [0.15, 0.2) is 0 Å². The van der Waals surface area contributed by atoms with Crippen LogP contribution in [0.2, 0.25) is 0 Å². The molecule has 1 atom stereocenters. The van der Waals surface area contributed by atoms with Gasteiger partial charge in [0.1, 0.15) is 0 Å². The minimum Gasteiger partial charge on any atom is -0.0912 e. The van der Waals surface area contributed by atoms with Gasteiger partial charge in [0.05, 0.1) is 0 Å². The van der Waals surface area contributed by atoms with E-state index in [9.17, 15) is 0 Å². The van der Waals surface area contributed by atoms with Gasteiger partial charge in [-0.3, -0.25) is 0 Å². The van der Waals surface area contributed by atoms with Crippen LogP contribution in [-0.4, -0.2) is 0 Å². The maximum atomic E-state index is 4.20. The predicted octanol–water partition coefficient (Wildman–Crippen LogP) is 8.73. The van der Waals surface area contributed by atoms with E-state index in [4.69, 9.17) is 0 Å². The molecule has 3 rings (SSSR count). The van der Waals surface area contributed by atoms with E-state index in [-0.39, 0.29) is 5.41 Å². The van der Waals surface area contributed by atoms with Crippen molar-refractivity contribution in [2.24, 2.45) is 5.41 Å². The molecule has 0 bridgehead atoms. The van der Waals surface area contributed by atoms with Crippen LogP contribution >= 0.6 is 0 Å². The summed E-state index contributed by atoms with van der Waals surface area (Å²) in [6.45, 7) is 19.1. The van der Waals surface area contributed by atoms with Gasteiger partial charge in [-0.2, -0.15) is 0 Å². The van der Waals surface area contributed by atoms with E-state index in [0.29, 0.717) is 5.92 Å². The molecule has 150 valence electrons. The van der Waals surface area contributed by atoms with Gasteiger partial charge in [0.25, 0.3) is 0 Å². The maximum Gasteiger partial charge on any atom is 0.0147 e. The third-order valence-electron chi connectivity index (χ3n) is 4.85. The van der Waals surface area contributed by atoms with Crippen LogP contribution in [0.1, 0.15) is 66.4 Å². The van der Waals surface area contributed by atoms with Crippen molar-refractivity contribution in [2.75, 3.05) is 0 Å². The Kier molecular flexibility index (Phi) is 9.73. The molecule has 2 aliphatic carbocycles. The molecule has 0 fully saturated rings. The third-order valence-corrected chi connectivity index (χ3v) is 4.85. The van der Waals surface area contributed by atoms with E-state index in [1.807, 2.05) is 19.9 Å². The van der Waals surface area contributed by atoms with E-state index >= 15 is 0 Å². The first-order valence-corrected chi connectivity index (χ1v) is 10.5. The summed E-state index contributed by atoms with van der Waals surface area (Å²) in [7, 11) is 0. The Morgan fingerprint density at radius 1 is 1.04 bits per heavy atom. The second-order valence-electron chi connectivity index (χ2n) is 7.88. The Hall–Kier alpha value is -2.34. The largest absolute Gasteiger partial charge is 0.0912 e. The van der Waals surface area contributed by atoms with Gasteiger partial charge in [-0.15, -0.1) is 0 Å². The lowest BCUT2D eigenvalue weighted by Crippen LogP contribution is -2.20. The van der Waals surface area contributed by atoms with Gasteiger partial charge in [0.2, 0.25) is 0 Å². The molecule has 1 aromatic carbocycles. The molecule has 28 heavy (non-hydrogen) atoms. The van der Waals surface area contributed by atoms with Gasteiger partial charge in [-0.05, 0) is 48.5 Å². The third kappa shape index (κ3) is 6.68. The van der Waals surface area contributed by atoms with Gasteiger partial charge in [-0.1, -0.05) is 120 Å². The molecule has 2 aliphatic rings. The normalized spacial score (nSPS) is 19.1. The Morgan fingerprint density at radius 3 is 2.21 bits per heavy atom. The number of benzene rings is 1. The molecule has 0 radical (unpaired) electrons. The second kappa shape index (κ2) is 11.5. The van der Waals surface area contributed by atoms with Crippen LogP contribution in [-0.2, 0) is 0 Å². The van der Waals surface area contributed by atoms with Gasteiger partial charge in [0, 0.05) is 5.41 Å². The highest BCUT2D eigenvalue weighted by molar-refractivity contribution is 5.57. The quantitative estimate of drug-likeness (QED) is 0.464. The van der Waals surface area contributed by atoms with E-state index in [1.54, 1.807) is 0 Å². The summed E-state index contributed by atoms with van der Waals surface area (Å²) < 4.78 is 0. The fraction of sp³-hybridized carbons (Fsp3) is 0.357. The molecule has 0 aliphatic heterocycles. The zero-order valence-electron chi connectivity index (χ0n) is 18.9. The van der Waals surface area contributed by atoms with Gasteiger partial charge in [-0.25, -0.2) is 0 Å². The van der Waals surface area contributed by atoms with Crippen molar-refractivity contribution in [3.63, 3.8) is 0 Å². The zero-order chi connectivity index (χ0) is 21.2. The minimum absolute atomic E-state index is 0.150. The second-order valence-corrected chi connectivity index (χ2v) is 7.88. The Balaban J connectivity index is 0.000000301. The fourth-order valence-corrected chi connectivity index (χ4v) is 3.33. The molecule has 1 unspecified atom stereocenters. The Morgan fingerprint density at radius 2 is 1.68 bits per heavy atom. The molecular formula is C28H38. The smallest absolute Gasteiger partial charge is 0.0147 e. The first-order chi connectivity index (χ1) is 13.3. The number of rotatable bonds is 3. The molecule has 0 heteroatoms. The molecule has 0 amide bonds. The summed E-state index contributed by atoms with van der Waals surface area (Å²) in [5.74, 6) is 0.659. The van der Waals surface area contributed by atoms with Crippen molar-refractivity contribution >= 4 is 0 Å². The first kappa shape index (κ1) is 23.7. The average Bonchev–Trinajstić information content (AvgIpc) is 2.69. The number of allylic oxidation sites excluding steroid dienone is 11. The Bertz CT molecular complexity index is 775. The van der Waals surface area contributed by atoms with Crippen LogP contribution in [0, 0.1) is 5.41 Å². The van der Waals surface area contributed by atoms with Crippen LogP contribution < -0.4 is 0 Å². The lowest BCUT2D eigenvalue weighted by molar-refractivity contribution is 0.522. The number of hydrogen-bond acceptors (Lipinski definition) is 0. The van der Waals surface area contributed by atoms with Crippen LogP contribution in [0.25, 0.3) is 0 Å². The summed E-state index contributed by atoms with van der Waals surface area (Å²) in [5, 5.41) is 0. The molecule has 1 aromatic rings. The van der Waals surface area contributed by atoms with Crippen LogP contribution in [0.5, 0.6) is 0 Å². The average molecular weight is 375 g/mol. The predicted molar refractivity (Wildman–Crippen MR) is 128 cm³/mol. The topological polar surface area (TPSA) is 0 Å². The molecule has 0 heterocycles. The lowest BCUT2D eigenvalue weighted by atomic mass is 9.71. The highest BCUT2D eigenvalue weighted by Crippen LogP contribution is 2.43. The van der Waals surface area contributed by atoms with Crippen LogP contribution in [0.4, 0.5) is 0 Å². The summed E-state index contributed by atoms with van der Waals surface area (Å²) >= 11 is 0. The van der Waals surface area contributed by atoms with Crippen molar-refractivity contribution < 1.29 is 0 Å². The minimum atomic E-state index is 0.150.